The van der Waals surface area contributed by atoms with Gasteiger partial charge < -0.3 is 10.5 Å². The Labute approximate surface area is 105 Å². The van der Waals surface area contributed by atoms with E-state index >= 15 is 0 Å². The van der Waals surface area contributed by atoms with Gasteiger partial charge in [-0.25, -0.2) is 4.79 Å². The quantitative estimate of drug-likeness (QED) is 0.626. The lowest BCUT2D eigenvalue weighted by Crippen LogP contribution is -2.46. The fourth-order valence-corrected chi connectivity index (χ4v) is 3.11. The topological polar surface area (TPSA) is 52.3 Å². The summed E-state index contributed by atoms with van der Waals surface area (Å²) in [5.74, 6) is 0.657. The summed E-state index contributed by atoms with van der Waals surface area (Å²) in [6.45, 7) is 6.35. The molecule has 2 N–H and O–H groups in total. The van der Waals surface area contributed by atoms with Crippen LogP contribution in [0.4, 0.5) is 4.79 Å². The minimum atomic E-state index is -0.640. The number of amides is 1. The molecule has 1 amide bonds. The van der Waals surface area contributed by atoms with E-state index in [4.69, 9.17) is 10.5 Å². The van der Waals surface area contributed by atoms with Crippen LogP contribution in [0, 0.1) is 11.3 Å². The first-order valence-corrected chi connectivity index (χ1v) is 6.88. The molecule has 1 aliphatic carbocycles. The minimum Gasteiger partial charge on any atom is -0.443 e. The maximum atomic E-state index is 11.0. The summed E-state index contributed by atoms with van der Waals surface area (Å²) >= 11 is 2.40. The summed E-state index contributed by atoms with van der Waals surface area (Å²) in [7, 11) is 0. The van der Waals surface area contributed by atoms with Gasteiger partial charge in [-0.15, -0.1) is 0 Å². The van der Waals surface area contributed by atoms with E-state index in [1.807, 2.05) is 0 Å². The van der Waals surface area contributed by atoms with Crippen LogP contribution in [0.2, 0.25) is 0 Å². The molecule has 0 spiro atoms. The van der Waals surface area contributed by atoms with Gasteiger partial charge in [-0.3, -0.25) is 0 Å². The predicted octanol–water partition coefficient (Wildman–Crippen LogP) is 3.10. The van der Waals surface area contributed by atoms with Crippen molar-refractivity contribution >= 4 is 28.7 Å². The first-order chi connectivity index (χ1) is 6.81. The summed E-state index contributed by atoms with van der Waals surface area (Å²) < 4.78 is 6.55. The largest absolute Gasteiger partial charge is 0.443 e. The highest BCUT2D eigenvalue weighted by Gasteiger charge is 2.50. The molecular formula is C11H20INO2. The molecular weight excluding hydrogens is 305 g/mol. The highest BCUT2D eigenvalue weighted by molar-refractivity contribution is 14.1. The van der Waals surface area contributed by atoms with Crippen LogP contribution in [0.5, 0.6) is 0 Å². The van der Waals surface area contributed by atoms with E-state index < -0.39 is 6.09 Å². The highest BCUT2D eigenvalue weighted by atomic mass is 127. The molecule has 0 radical (unpaired) electrons. The van der Waals surface area contributed by atoms with Gasteiger partial charge in [0.2, 0.25) is 0 Å². The molecule has 2 atom stereocenters. The van der Waals surface area contributed by atoms with Crippen molar-refractivity contribution in [2.45, 2.75) is 45.6 Å². The number of ether oxygens (including phenoxy) is 1. The minimum absolute atomic E-state index is 0.0391. The Hall–Kier alpha value is 0. The van der Waals surface area contributed by atoms with E-state index in [1.54, 1.807) is 0 Å². The second-order valence-corrected chi connectivity index (χ2v) is 6.31. The fourth-order valence-electron chi connectivity index (χ4n) is 2.36. The van der Waals surface area contributed by atoms with Gasteiger partial charge in [0.25, 0.3) is 0 Å². The molecule has 1 rings (SSSR count). The Bertz CT molecular complexity index is 249. The number of carbonyl (C=O) groups excluding carboxylic acids is 1. The number of nitrogens with two attached hydrogens (primary N) is 1. The SMILES string of the molecule is CC(C)(C)[C@@]1(OC(N)=O)CC[C@H](CI)C1. The van der Waals surface area contributed by atoms with Crippen LogP contribution in [-0.2, 0) is 4.74 Å². The van der Waals surface area contributed by atoms with Crippen LogP contribution < -0.4 is 5.73 Å². The van der Waals surface area contributed by atoms with Crippen LogP contribution in [-0.4, -0.2) is 16.1 Å². The third-order valence-corrected chi connectivity index (χ3v) is 4.70. The second-order valence-electron chi connectivity index (χ2n) is 5.43. The molecule has 1 aliphatic rings. The molecule has 0 aromatic heterocycles. The van der Waals surface area contributed by atoms with Crippen molar-refractivity contribution in [3.05, 3.63) is 0 Å². The van der Waals surface area contributed by atoms with Crippen LogP contribution in [0.15, 0.2) is 0 Å². The van der Waals surface area contributed by atoms with Gasteiger partial charge in [0.05, 0.1) is 0 Å². The molecule has 0 aromatic rings. The van der Waals surface area contributed by atoms with Gasteiger partial charge in [0.1, 0.15) is 5.60 Å². The van der Waals surface area contributed by atoms with Crippen LogP contribution in [0.1, 0.15) is 40.0 Å². The summed E-state index contributed by atoms with van der Waals surface area (Å²) in [6, 6.07) is 0. The van der Waals surface area contributed by atoms with Crippen molar-refractivity contribution in [2.24, 2.45) is 17.1 Å². The lowest BCUT2D eigenvalue weighted by Gasteiger charge is -2.40. The average Bonchev–Trinajstić information content (AvgIpc) is 2.47. The smallest absolute Gasteiger partial charge is 0.405 e. The highest BCUT2D eigenvalue weighted by Crippen LogP contribution is 2.49. The number of hydrogen-bond donors (Lipinski definition) is 1. The van der Waals surface area contributed by atoms with E-state index in [2.05, 4.69) is 43.4 Å². The molecule has 0 bridgehead atoms. The lowest BCUT2D eigenvalue weighted by atomic mass is 9.74. The van der Waals surface area contributed by atoms with Crippen molar-refractivity contribution in [3.63, 3.8) is 0 Å². The zero-order valence-electron chi connectivity index (χ0n) is 9.68. The normalized spacial score (nSPS) is 31.6. The van der Waals surface area contributed by atoms with Crippen molar-refractivity contribution in [3.8, 4) is 0 Å². The van der Waals surface area contributed by atoms with E-state index in [0.29, 0.717) is 5.92 Å². The van der Waals surface area contributed by atoms with Crippen molar-refractivity contribution in [2.75, 3.05) is 4.43 Å². The van der Waals surface area contributed by atoms with Gasteiger partial charge in [-0.1, -0.05) is 43.4 Å². The predicted molar refractivity (Wildman–Crippen MR) is 69.1 cm³/mol. The number of rotatable bonds is 2. The molecule has 3 nitrogen and oxygen atoms in total. The fraction of sp³-hybridized carbons (Fsp3) is 0.909. The molecule has 1 saturated carbocycles. The Morgan fingerprint density at radius 1 is 1.60 bits per heavy atom. The van der Waals surface area contributed by atoms with Crippen LogP contribution in [0.25, 0.3) is 0 Å². The molecule has 0 aliphatic heterocycles. The molecule has 0 unspecified atom stereocenters. The van der Waals surface area contributed by atoms with E-state index in [1.165, 1.54) is 0 Å². The molecule has 0 heterocycles. The van der Waals surface area contributed by atoms with Gasteiger partial charge in [-0.2, -0.15) is 0 Å². The first-order valence-electron chi connectivity index (χ1n) is 5.35. The summed E-state index contributed by atoms with van der Waals surface area (Å²) in [6.07, 6.45) is 2.38. The monoisotopic (exact) mass is 325 g/mol. The Kier molecular flexibility index (Phi) is 3.90. The number of primary amides is 1. The number of carbonyl (C=O) groups is 1. The van der Waals surface area contributed by atoms with Gasteiger partial charge >= 0.3 is 6.09 Å². The molecule has 0 saturated heterocycles. The van der Waals surface area contributed by atoms with E-state index in [9.17, 15) is 4.79 Å². The Morgan fingerprint density at radius 3 is 2.53 bits per heavy atom. The maximum absolute atomic E-state index is 11.0. The Morgan fingerprint density at radius 2 is 2.20 bits per heavy atom. The molecule has 15 heavy (non-hydrogen) atoms. The third kappa shape index (κ3) is 2.77. The lowest BCUT2D eigenvalue weighted by molar-refractivity contribution is -0.0615. The molecule has 88 valence electrons. The second kappa shape index (κ2) is 4.47. The van der Waals surface area contributed by atoms with Crippen molar-refractivity contribution < 1.29 is 9.53 Å². The summed E-state index contributed by atoms with van der Waals surface area (Å²) in [5.41, 5.74) is 4.79. The summed E-state index contributed by atoms with van der Waals surface area (Å²) in [5, 5.41) is 0. The zero-order valence-corrected chi connectivity index (χ0v) is 11.8. The molecule has 1 fully saturated rings. The summed E-state index contributed by atoms with van der Waals surface area (Å²) in [4.78, 5) is 11.0. The third-order valence-electron chi connectivity index (χ3n) is 3.46. The number of hydrogen-bond acceptors (Lipinski definition) is 2. The average molecular weight is 325 g/mol. The van der Waals surface area contributed by atoms with E-state index in [0.717, 1.165) is 23.7 Å². The van der Waals surface area contributed by atoms with Crippen LogP contribution in [0.3, 0.4) is 0 Å². The first kappa shape index (κ1) is 13.1. The van der Waals surface area contributed by atoms with Gasteiger partial charge in [0, 0.05) is 9.84 Å². The standard InChI is InChI=1S/C11H20INO2/c1-10(2,3)11(15-9(13)14)5-4-8(6-11)7-12/h8H,4-7H2,1-3H3,(H2,13,14)/t8-,11+/m0/s1. The molecule has 4 heteroatoms. The number of halogens is 1. The van der Waals surface area contributed by atoms with Crippen molar-refractivity contribution in [1.29, 1.82) is 0 Å². The van der Waals surface area contributed by atoms with Gasteiger partial charge in [0.15, 0.2) is 0 Å². The van der Waals surface area contributed by atoms with Gasteiger partial charge in [-0.05, 0) is 25.2 Å². The zero-order chi connectivity index (χ0) is 11.7. The Balaban J connectivity index is 2.85. The van der Waals surface area contributed by atoms with Crippen molar-refractivity contribution in [1.82, 2.24) is 0 Å². The maximum Gasteiger partial charge on any atom is 0.405 e. The number of alkyl halides is 1. The van der Waals surface area contributed by atoms with E-state index in [-0.39, 0.29) is 11.0 Å². The molecule has 0 aromatic carbocycles. The van der Waals surface area contributed by atoms with Crippen LogP contribution >= 0.6 is 22.6 Å².